The highest BCUT2D eigenvalue weighted by Gasteiger charge is 2.35. The first-order chi connectivity index (χ1) is 14.1. The van der Waals surface area contributed by atoms with Gasteiger partial charge in [0.2, 0.25) is 0 Å². The molecule has 2 aromatic rings. The highest BCUT2D eigenvalue weighted by Crippen LogP contribution is 2.41. The zero-order chi connectivity index (χ0) is 20.7. The van der Waals surface area contributed by atoms with Crippen molar-refractivity contribution < 1.29 is 19.0 Å². The van der Waals surface area contributed by atoms with Crippen molar-refractivity contribution in [2.75, 3.05) is 27.9 Å². The second-order valence-electron chi connectivity index (χ2n) is 7.44. The van der Waals surface area contributed by atoms with Crippen molar-refractivity contribution in [1.29, 1.82) is 0 Å². The van der Waals surface area contributed by atoms with Crippen LogP contribution in [0.15, 0.2) is 42.5 Å². The predicted molar refractivity (Wildman–Crippen MR) is 113 cm³/mol. The summed E-state index contributed by atoms with van der Waals surface area (Å²) in [6.45, 7) is 1.04. The number of hydrogen-bond donors (Lipinski definition) is 2. The van der Waals surface area contributed by atoms with Crippen LogP contribution < -0.4 is 24.8 Å². The average Bonchev–Trinajstić information content (AvgIpc) is 3.26. The van der Waals surface area contributed by atoms with Gasteiger partial charge in [0.1, 0.15) is 5.75 Å². The summed E-state index contributed by atoms with van der Waals surface area (Å²) < 4.78 is 15.8. The van der Waals surface area contributed by atoms with Gasteiger partial charge in [-0.25, -0.2) is 4.79 Å². The Morgan fingerprint density at radius 1 is 0.897 bits per heavy atom. The molecular formula is C23H30N2O4. The third kappa shape index (κ3) is 4.94. The molecule has 29 heavy (non-hydrogen) atoms. The lowest BCUT2D eigenvalue weighted by atomic mass is 9.79. The second-order valence-corrected chi connectivity index (χ2v) is 7.44. The van der Waals surface area contributed by atoms with Gasteiger partial charge in [-0.1, -0.05) is 31.0 Å². The van der Waals surface area contributed by atoms with E-state index in [-0.39, 0.29) is 11.4 Å². The van der Waals surface area contributed by atoms with Crippen LogP contribution >= 0.6 is 0 Å². The van der Waals surface area contributed by atoms with Gasteiger partial charge in [0.05, 0.1) is 21.3 Å². The molecule has 2 amide bonds. The van der Waals surface area contributed by atoms with Gasteiger partial charge in [-0.15, -0.1) is 0 Å². The number of nitrogens with one attached hydrogen (secondary N) is 2. The van der Waals surface area contributed by atoms with Gasteiger partial charge in [0.15, 0.2) is 11.5 Å². The second kappa shape index (κ2) is 9.54. The maximum atomic E-state index is 12.4. The van der Waals surface area contributed by atoms with Crippen LogP contribution in [-0.2, 0) is 12.0 Å². The minimum absolute atomic E-state index is 0.00700. The fourth-order valence-corrected chi connectivity index (χ4v) is 4.05. The summed E-state index contributed by atoms with van der Waals surface area (Å²) in [4.78, 5) is 12.4. The van der Waals surface area contributed by atoms with E-state index in [9.17, 15) is 4.79 Å². The first-order valence-corrected chi connectivity index (χ1v) is 9.97. The Bertz CT molecular complexity index is 814. The number of ether oxygens (including phenoxy) is 3. The number of rotatable bonds is 8. The number of hydrogen-bond acceptors (Lipinski definition) is 4. The highest BCUT2D eigenvalue weighted by molar-refractivity contribution is 5.74. The Labute approximate surface area is 172 Å². The molecule has 0 radical (unpaired) electrons. The van der Waals surface area contributed by atoms with E-state index >= 15 is 0 Å². The molecule has 0 saturated heterocycles. The van der Waals surface area contributed by atoms with E-state index in [1.807, 2.05) is 30.3 Å². The number of amides is 2. The van der Waals surface area contributed by atoms with E-state index < -0.39 is 0 Å². The van der Waals surface area contributed by atoms with Crippen LogP contribution in [0.4, 0.5) is 4.79 Å². The quantitative estimate of drug-likeness (QED) is 0.705. The Kier molecular flexibility index (Phi) is 6.86. The van der Waals surface area contributed by atoms with Crippen molar-refractivity contribution >= 4 is 6.03 Å². The molecule has 0 atom stereocenters. The van der Waals surface area contributed by atoms with Crippen molar-refractivity contribution in [1.82, 2.24) is 10.6 Å². The molecule has 0 aliphatic heterocycles. The van der Waals surface area contributed by atoms with Crippen LogP contribution in [0, 0.1) is 0 Å². The molecule has 1 aliphatic carbocycles. The molecule has 2 N–H and O–H groups in total. The summed E-state index contributed by atoms with van der Waals surface area (Å²) in [7, 11) is 4.87. The lowest BCUT2D eigenvalue weighted by Crippen LogP contribution is -2.43. The Hall–Kier alpha value is -2.89. The molecule has 156 valence electrons. The minimum Gasteiger partial charge on any atom is -0.497 e. The molecule has 2 aromatic carbocycles. The monoisotopic (exact) mass is 398 g/mol. The van der Waals surface area contributed by atoms with Crippen molar-refractivity contribution in [3.05, 3.63) is 53.6 Å². The third-order valence-corrected chi connectivity index (χ3v) is 5.75. The molecule has 1 saturated carbocycles. The smallest absolute Gasteiger partial charge is 0.315 e. The van der Waals surface area contributed by atoms with Crippen molar-refractivity contribution in [2.24, 2.45) is 0 Å². The van der Waals surface area contributed by atoms with Crippen molar-refractivity contribution in [3.63, 3.8) is 0 Å². The van der Waals surface area contributed by atoms with Gasteiger partial charge in [0, 0.05) is 18.5 Å². The first kappa shape index (κ1) is 20.8. The van der Waals surface area contributed by atoms with Crippen LogP contribution in [0.5, 0.6) is 17.2 Å². The van der Waals surface area contributed by atoms with E-state index in [4.69, 9.17) is 14.2 Å². The topological polar surface area (TPSA) is 68.8 Å². The van der Waals surface area contributed by atoms with E-state index in [1.54, 1.807) is 21.3 Å². The number of carbonyl (C=O) groups excluding carboxylic acids is 1. The van der Waals surface area contributed by atoms with Crippen molar-refractivity contribution in [3.8, 4) is 17.2 Å². The van der Waals surface area contributed by atoms with Gasteiger partial charge < -0.3 is 24.8 Å². The Morgan fingerprint density at radius 3 is 2.21 bits per heavy atom. The molecule has 0 bridgehead atoms. The lowest BCUT2D eigenvalue weighted by Gasteiger charge is -2.30. The molecule has 1 fully saturated rings. The molecule has 6 heteroatoms. The van der Waals surface area contributed by atoms with Crippen LogP contribution in [0.3, 0.4) is 0 Å². The summed E-state index contributed by atoms with van der Waals surface area (Å²) in [5, 5.41) is 6.01. The summed E-state index contributed by atoms with van der Waals surface area (Å²) >= 11 is 0. The fraction of sp³-hybridized carbons (Fsp3) is 0.435. The Morgan fingerprint density at radius 2 is 1.59 bits per heavy atom. The van der Waals surface area contributed by atoms with Crippen LogP contribution in [0.25, 0.3) is 0 Å². The van der Waals surface area contributed by atoms with Gasteiger partial charge in [-0.3, -0.25) is 0 Å². The molecule has 6 nitrogen and oxygen atoms in total. The number of benzene rings is 2. The van der Waals surface area contributed by atoms with Gasteiger partial charge >= 0.3 is 6.03 Å². The molecule has 0 spiro atoms. The van der Waals surface area contributed by atoms with E-state index in [0.717, 1.165) is 24.2 Å². The van der Waals surface area contributed by atoms with Gasteiger partial charge in [-0.05, 0) is 48.2 Å². The first-order valence-electron chi connectivity index (χ1n) is 9.97. The third-order valence-electron chi connectivity index (χ3n) is 5.75. The van der Waals surface area contributed by atoms with E-state index in [1.165, 1.54) is 18.4 Å². The van der Waals surface area contributed by atoms with E-state index in [2.05, 4.69) is 22.8 Å². The van der Waals surface area contributed by atoms with Gasteiger partial charge in [-0.2, -0.15) is 0 Å². The number of carbonyl (C=O) groups is 1. The standard InChI is InChI=1S/C23H30N2O4/c1-27-19-9-7-18(8-10-19)23(12-4-5-13-23)16-25-22(26)24-15-17-6-11-20(28-2)21(14-17)29-3/h6-11,14H,4-5,12-13,15-16H2,1-3H3,(H2,24,25,26). The predicted octanol–water partition coefficient (Wildman–Crippen LogP) is 4.02. The average molecular weight is 399 g/mol. The molecule has 1 aliphatic rings. The summed E-state index contributed by atoms with van der Waals surface area (Å²) in [6.07, 6.45) is 4.52. The van der Waals surface area contributed by atoms with Crippen LogP contribution in [-0.4, -0.2) is 33.9 Å². The number of urea groups is 1. The molecule has 0 heterocycles. The van der Waals surface area contributed by atoms with E-state index in [0.29, 0.717) is 24.6 Å². The maximum absolute atomic E-state index is 12.4. The SMILES string of the molecule is COc1ccc(C2(CNC(=O)NCc3ccc(OC)c(OC)c3)CCCC2)cc1. The summed E-state index contributed by atoms with van der Waals surface area (Å²) in [5.74, 6) is 2.17. The zero-order valence-corrected chi connectivity index (χ0v) is 17.4. The zero-order valence-electron chi connectivity index (χ0n) is 17.4. The lowest BCUT2D eigenvalue weighted by molar-refractivity contribution is 0.236. The summed E-state index contributed by atoms with van der Waals surface area (Å²) in [5.41, 5.74) is 2.20. The largest absolute Gasteiger partial charge is 0.497 e. The fourth-order valence-electron chi connectivity index (χ4n) is 4.05. The molecule has 3 rings (SSSR count). The van der Waals surface area contributed by atoms with Crippen molar-refractivity contribution in [2.45, 2.75) is 37.6 Å². The van der Waals surface area contributed by atoms with Crippen LogP contribution in [0.1, 0.15) is 36.8 Å². The highest BCUT2D eigenvalue weighted by atomic mass is 16.5. The summed E-state index contributed by atoms with van der Waals surface area (Å²) in [6, 6.07) is 13.7. The number of methoxy groups -OCH3 is 3. The molecule has 0 aromatic heterocycles. The Balaban J connectivity index is 1.58. The van der Waals surface area contributed by atoms with Gasteiger partial charge in [0.25, 0.3) is 0 Å². The molecule has 0 unspecified atom stereocenters. The minimum atomic E-state index is -0.167. The molecular weight excluding hydrogens is 368 g/mol. The normalized spacial score (nSPS) is 14.9. The van der Waals surface area contributed by atoms with Crippen LogP contribution in [0.2, 0.25) is 0 Å². The maximum Gasteiger partial charge on any atom is 0.315 e.